The van der Waals surface area contributed by atoms with Crippen molar-refractivity contribution in [3.63, 3.8) is 0 Å². The second-order valence-corrected chi connectivity index (χ2v) is 20.6. The van der Waals surface area contributed by atoms with Crippen molar-refractivity contribution in [3.05, 3.63) is 48.6 Å². The van der Waals surface area contributed by atoms with Gasteiger partial charge in [-0.1, -0.05) is 268 Å². The van der Waals surface area contributed by atoms with Gasteiger partial charge in [-0.15, -0.1) is 0 Å². The average Bonchev–Trinajstić information content (AvgIpc) is 3.36. The van der Waals surface area contributed by atoms with Gasteiger partial charge in [0.15, 0.2) is 6.10 Å². The predicted molar refractivity (Wildman–Crippen MR) is 302 cm³/mol. The van der Waals surface area contributed by atoms with Crippen molar-refractivity contribution in [2.75, 3.05) is 13.2 Å². The van der Waals surface area contributed by atoms with E-state index in [1.54, 1.807) is 0 Å². The summed E-state index contributed by atoms with van der Waals surface area (Å²) in [7, 11) is 0. The van der Waals surface area contributed by atoms with Gasteiger partial charge in [0.1, 0.15) is 13.2 Å². The van der Waals surface area contributed by atoms with Crippen LogP contribution in [-0.2, 0) is 28.6 Å². The number of esters is 3. The van der Waals surface area contributed by atoms with E-state index in [0.29, 0.717) is 19.3 Å². The Balaban J connectivity index is 4.38. The highest BCUT2D eigenvalue weighted by Crippen LogP contribution is 2.16. The van der Waals surface area contributed by atoms with Crippen LogP contribution in [0.4, 0.5) is 0 Å². The molecule has 0 heterocycles. The zero-order valence-corrected chi connectivity index (χ0v) is 46.8. The quantitative estimate of drug-likeness (QED) is 0.0261. The number of allylic oxidation sites excluding steroid dienone is 8. The molecule has 0 rings (SSSR count). The van der Waals surface area contributed by atoms with E-state index >= 15 is 0 Å². The van der Waals surface area contributed by atoms with Gasteiger partial charge in [-0.2, -0.15) is 0 Å². The second kappa shape index (κ2) is 58.9. The van der Waals surface area contributed by atoms with Gasteiger partial charge in [0.05, 0.1) is 0 Å². The van der Waals surface area contributed by atoms with Gasteiger partial charge >= 0.3 is 17.9 Å². The molecule has 0 bridgehead atoms. The lowest BCUT2D eigenvalue weighted by atomic mass is 10.0. The van der Waals surface area contributed by atoms with Gasteiger partial charge in [0.25, 0.3) is 0 Å². The molecule has 0 radical (unpaired) electrons. The monoisotopic (exact) mass is 981 g/mol. The highest BCUT2D eigenvalue weighted by atomic mass is 16.6. The number of carbonyl (C=O) groups excluding carboxylic acids is 3. The van der Waals surface area contributed by atoms with Crippen molar-refractivity contribution in [2.45, 2.75) is 329 Å². The van der Waals surface area contributed by atoms with Crippen LogP contribution in [0.1, 0.15) is 323 Å². The van der Waals surface area contributed by atoms with E-state index in [1.165, 1.54) is 199 Å². The summed E-state index contributed by atoms with van der Waals surface area (Å²) in [5, 5.41) is 0. The Kier molecular flexibility index (Phi) is 56.7. The molecular weight excluding hydrogens is 865 g/mol. The summed E-state index contributed by atoms with van der Waals surface area (Å²) in [6, 6.07) is 0. The molecule has 0 N–H and O–H groups in total. The SMILES string of the molecule is CCCCC/C=C\C/C=C\C/C=C\CCCCCCC(=O)O[C@@H](COC(=O)CCCCCCCCC/C=C\CCCCCCCCCC)COC(=O)CCCCCCCCCCCCCCCCCC. The van der Waals surface area contributed by atoms with Crippen LogP contribution in [0.3, 0.4) is 0 Å². The lowest BCUT2D eigenvalue weighted by molar-refractivity contribution is -0.167. The third kappa shape index (κ3) is 56.3. The van der Waals surface area contributed by atoms with Crippen LogP contribution in [-0.4, -0.2) is 37.2 Å². The molecular formula is C64H116O6. The van der Waals surface area contributed by atoms with E-state index in [1.807, 2.05) is 0 Å². The predicted octanol–water partition coefficient (Wildman–Crippen LogP) is 20.6. The molecule has 0 aromatic heterocycles. The number of rotatable bonds is 56. The largest absolute Gasteiger partial charge is 0.462 e. The Morgan fingerprint density at radius 1 is 0.286 bits per heavy atom. The van der Waals surface area contributed by atoms with Crippen LogP contribution in [0, 0.1) is 0 Å². The highest BCUT2D eigenvalue weighted by molar-refractivity contribution is 5.71. The van der Waals surface area contributed by atoms with Gasteiger partial charge in [0, 0.05) is 19.3 Å². The molecule has 0 aromatic rings. The first kappa shape index (κ1) is 67.4. The molecule has 6 heteroatoms. The van der Waals surface area contributed by atoms with E-state index in [0.717, 1.165) is 83.5 Å². The maximum absolute atomic E-state index is 12.9. The van der Waals surface area contributed by atoms with Gasteiger partial charge < -0.3 is 14.2 Å². The molecule has 0 spiro atoms. The summed E-state index contributed by atoms with van der Waals surface area (Å²) in [5.41, 5.74) is 0. The Morgan fingerprint density at radius 3 is 0.843 bits per heavy atom. The Bertz CT molecular complexity index is 1220. The van der Waals surface area contributed by atoms with Crippen molar-refractivity contribution in [1.29, 1.82) is 0 Å². The van der Waals surface area contributed by atoms with Gasteiger partial charge in [-0.3, -0.25) is 14.4 Å². The smallest absolute Gasteiger partial charge is 0.306 e. The summed E-state index contributed by atoms with van der Waals surface area (Å²) >= 11 is 0. The third-order valence-electron chi connectivity index (χ3n) is 13.6. The molecule has 6 nitrogen and oxygen atoms in total. The van der Waals surface area contributed by atoms with E-state index in [2.05, 4.69) is 69.4 Å². The van der Waals surface area contributed by atoms with Crippen LogP contribution < -0.4 is 0 Å². The van der Waals surface area contributed by atoms with E-state index in [9.17, 15) is 14.4 Å². The molecule has 0 saturated heterocycles. The van der Waals surface area contributed by atoms with Gasteiger partial charge in [0.2, 0.25) is 0 Å². The van der Waals surface area contributed by atoms with Crippen molar-refractivity contribution in [3.8, 4) is 0 Å². The van der Waals surface area contributed by atoms with Crippen molar-refractivity contribution in [2.24, 2.45) is 0 Å². The van der Waals surface area contributed by atoms with Crippen molar-refractivity contribution >= 4 is 17.9 Å². The molecule has 0 aromatic carbocycles. The first-order valence-corrected chi connectivity index (χ1v) is 30.6. The fourth-order valence-corrected chi connectivity index (χ4v) is 8.92. The van der Waals surface area contributed by atoms with Gasteiger partial charge in [-0.05, 0) is 83.5 Å². The lowest BCUT2D eigenvalue weighted by Crippen LogP contribution is -2.30. The molecule has 0 unspecified atom stereocenters. The normalized spacial score (nSPS) is 12.3. The summed E-state index contributed by atoms with van der Waals surface area (Å²) in [4.78, 5) is 38.2. The van der Waals surface area contributed by atoms with Crippen LogP contribution in [0.2, 0.25) is 0 Å². The fourth-order valence-electron chi connectivity index (χ4n) is 8.92. The molecule has 0 amide bonds. The molecule has 0 saturated carbocycles. The molecule has 0 aliphatic heterocycles. The minimum Gasteiger partial charge on any atom is -0.462 e. The minimum atomic E-state index is -0.785. The highest BCUT2D eigenvalue weighted by Gasteiger charge is 2.19. The van der Waals surface area contributed by atoms with Crippen LogP contribution in [0.15, 0.2) is 48.6 Å². The minimum absolute atomic E-state index is 0.0803. The summed E-state index contributed by atoms with van der Waals surface area (Å²) in [6.45, 7) is 6.64. The summed E-state index contributed by atoms with van der Waals surface area (Å²) in [5.74, 6) is -0.888. The van der Waals surface area contributed by atoms with Crippen molar-refractivity contribution in [1.82, 2.24) is 0 Å². The summed E-state index contributed by atoms with van der Waals surface area (Å²) < 4.78 is 16.9. The number of hydrogen-bond donors (Lipinski definition) is 0. The summed E-state index contributed by atoms with van der Waals surface area (Å²) in [6.07, 6.45) is 72.4. The molecule has 0 aliphatic rings. The molecule has 0 aliphatic carbocycles. The van der Waals surface area contributed by atoms with Crippen LogP contribution in [0.25, 0.3) is 0 Å². The van der Waals surface area contributed by atoms with E-state index in [4.69, 9.17) is 14.2 Å². The van der Waals surface area contributed by atoms with E-state index in [-0.39, 0.29) is 31.1 Å². The first-order chi connectivity index (χ1) is 34.5. The lowest BCUT2D eigenvalue weighted by Gasteiger charge is -2.18. The molecule has 1 atom stereocenters. The number of carbonyl (C=O) groups is 3. The average molecular weight is 982 g/mol. The third-order valence-corrected chi connectivity index (χ3v) is 13.6. The standard InChI is InChI=1S/C64H116O6/c1-4-7-10-13-16-19-22-25-28-31-32-34-36-39-42-45-48-51-54-57-63(66)69-60-61(59-68-62(65)56-53-50-47-44-41-38-35-30-27-24-21-18-15-12-9-6-3)70-64(67)58-55-52-49-46-43-40-37-33-29-26-23-20-17-14-11-8-5-2/h17,20,26,29,31-32,37,40,61H,4-16,18-19,21-25,27-28,30,33-36,38-39,41-60H2,1-3H3/b20-17-,29-26-,32-31-,40-37-/t61-/m1/s1. The van der Waals surface area contributed by atoms with E-state index < -0.39 is 6.10 Å². The first-order valence-electron chi connectivity index (χ1n) is 30.6. The van der Waals surface area contributed by atoms with Crippen LogP contribution >= 0.6 is 0 Å². The van der Waals surface area contributed by atoms with Gasteiger partial charge in [-0.25, -0.2) is 0 Å². The number of ether oxygens (including phenoxy) is 3. The zero-order chi connectivity index (χ0) is 50.7. The van der Waals surface area contributed by atoms with Crippen LogP contribution in [0.5, 0.6) is 0 Å². The second-order valence-electron chi connectivity index (χ2n) is 20.6. The van der Waals surface area contributed by atoms with Crippen molar-refractivity contribution < 1.29 is 28.6 Å². The molecule has 0 fully saturated rings. The fraction of sp³-hybridized carbons (Fsp3) is 0.828. The zero-order valence-electron chi connectivity index (χ0n) is 46.8. The topological polar surface area (TPSA) is 78.9 Å². The Labute approximate surface area is 435 Å². The number of unbranched alkanes of at least 4 members (excludes halogenated alkanes) is 37. The molecule has 408 valence electrons. The Hall–Kier alpha value is -2.63. The maximum Gasteiger partial charge on any atom is 0.306 e. The number of hydrogen-bond acceptors (Lipinski definition) is 6. The Morgan fingerprint density at radius 2 is 0.514 bits per heavy atom. The molecule has 70 heavy (non-hydrogen) atoms. The maximum atomic E-state index is 12.9.